The first-order valence-corrected chi connectivity index (χ1v) is 4.14. The molecule has 1 rings (SSSR count). The number of hydrogen-bond donors (Lipinski definition) is 0. The van der Waals surface area contributed by atoms with Gasteiger partial charge in [-0.3, -0.25) is 4.48 Å². The molecular formula is C11H16N+. The van der Waals surface area contributed by atoms with Crippen molar-refractivity contribution in [3.05, 3.63) is 48.7 Å². The lowest BCUT2D eigenvalue weighted by Gasteiger charge is -2.24. The van der Waals surface area contributed by atoms with Crippen LogP contribution in [0, 0.1) is 0 Å². The van der Waals surface area contributed by atoms with Crippen LogP contribution in [-0.2, 0) is 6.54 Å². The highest BCUT2D eigenvalue weighted by atomic mass is 15.3. The van der Waals surface area contributed by atoms with Crippen LogP contribution in [-0.4, -0.2) is 18.6 Å². The fraction of sp³-hybridized carbons (Fsp3) is 0.273. The average Bonchev–Trinajstić information content (AvgIpc) is 2.06. The molecule has 0 aliphatic rings. The lowest BCUT2D eigenvalue weighted by Crippen LogP contribution is -2.31. The first-order chi connectivity index (χ1) is 5.64. The van der Waals surface area contributed by atoms with Crippen molar-refractivity contribution >= 4 is 0 Å². The maximum atomic E-state index is 3.80. The zero-order chi connectivity index (χ0) is 9.03. The van der Waals surface area contributed by atoms with E-state index in [-0.39, 0.29) is 0 Å². The zero-order valence-corrected chi connectivity index (χ0v) is 7.83. The Kier molecular flexibility index (Phi) is 2.66. The van der Waals surface area contributed by atoms with Gasteiger partial charge in [0.1, 0.15) is 6.54 Å². The Morgan fingerprint density at radius 3 is 2.33 bits per heavy atom. The van der Waals surface area contributed by atoms with Crippen LogP contribution in [0.5, 0.6) is 0 Å². The second-order valence-electron chi connectivity index (χ2n) is 3.60. The highest BCUT2D eigenvalue weighted by Gasteiger charge is 2.09. The smallest absolute Gasteiger partial charge is 0.108 e. The van der Waals surface area contributed by atoms with E-state index in [1.165, 1.54) is 5.56 Å². The van der Waals surface area contributed by atoms with E-state index in [2.05, 4.69) is 44.9 Å². The maximum absolute atomic E-state index is 3.80. The van der Waals surface area contributed by atoms with Gasteiger partial charge in [0.2, 0.25) is 0 Å². The minimum atomic E-state index is 0.823. The molecule has 0 spiro atoms. The molecule has 0 bridgehead atoms. The summed E-state index contributed by atoms with van der Waals surface area (Å²) < 4.78 is 0.823. The van der Waals surface area contributed by atoms with Crippen molar-refractivity contribution < 1.29 is 4.48 Å². The lowest BCUT2D eigenvalue weighted by molar-refractivity contribution is -0.852. The van der Waals surface area contributed by atoms with Gasteiger partial charge in [0.25, 0.3) is 0 Å². The molecule has 1 aromatic rings. The predicted molar refractivity (Wildman–Crippen MR) is 52.5 cm³/mol. The van der Waals surface area contributed by atoms with Gasteiger partial charge in [-0.1, -0.05) is 30.3 Å². The molecule has 0 saturated carbocycles. The summed E-state index contributed by atoms with van der Waals surface area (Å²) in [5.74, 6) is 0. The monoisotopic (exact) mass is 162 g/mol. The van der Waals surface area contributed by atoms with Crippen molar-refractivity contribution in [1.29, 1.82) is 0 Å². The summed E-state index contributed by atoms with van der Waals surface area (Å²) in [6.07, 6.45) is 1.95. The van der Waals surface area contributed by atoms with Crippen LogP contribution < -0.4 is 0 Å². The number of hydrogen-bond acceptors (Lipinski definition) is 0. The quantitative estimate of drug-likeness (QED) is 0.599. The Morgan fingerprint density at radius 2 is 1.83 bits per heavy atom. The second kappa shape index (κ2) is 3.55. The van der Waals surface area contributed by atoms with Gasteiger partial charge in [-0.15, -0.1) is 0 Å². The molecule has 1 aromatic carbocycles. The summed E-state index contributed by atoms with van der Waals surface area (Å²) in [5.41, 5.74) is 1.35. The summed E-state index contributed by atoms with van der Waals surface area (Å²) >= 11 is 0. The van der Waals surface area contributed by atoms with Crippen LogP contribution in [0.4, 0.5) is 0 Å². The molecule has 0 fully saturated rings. The first kappa shape index (κ1) is 9.01. The Balaban J connectivity index is 2.70. The van der Waals surface area contributed by atoms with Gasteiger partial charge < -0.3 is 0 Å². The van der Waals surface area contributed by atoms with Crippen LogP contribution in [0.1, 0.15) is 5.56 Å². The molecule has 64 valence electrons. The molecule has 0 amide bonds. The van der Waals surface area contributed by atoms with Gasteiger partial charge in [0, 0.05) is 5.56 Å². The van der Waals surface area contributed by atoms with Crippen LogP contribution in [0.15, 0.2) is 43.1 Å². The lowest BCUT2D eigenvalue weighted by atomic mass is 10.2. The molecule has 0 aromatic heterocycles. The largest absolute Gasteiger partial charge is 0.299 e. The molecule has 12 heavy (non-hydrogen) atoms. The van der Waals surface area contributed by atoms with Gasteiger partial charge in [0.15, 0.2) is 0 Å². The zero-order valence-electron chi connectivity index (χ0n) is 7.83. The van der Waals surface area contributed by atoms with E-state index in [0.717, 1.165) is 11.0 Å². The van der Waals surface area contributed by atoms with Gasteiger partial charge in [-0.25, -0.2) is 0 Å². The van der Waals surface area contributed by atoms with E-state index >= 15 is 0 Å². The summed E-state index contributed by atoms with van der Waals surface area (Å²) in [6.45, 7) is 4.81. The standard InChI is InChI=1S/C11H16N/c1-4-12(2,3)10-11-8-6-5-7-9-11/h4-9H,1,10H2,2-3H3/q+1. The third-order valence-electron chi connectivity index (χ3n) is 1.93. The fourth-order valence-corrected chi connectivity index (χ4v) is 1.12. The minimum Gasteiger partial charge on any atom is -0.299 e. The number of nitrogens with zero attached hydrogens (tertiary/aromatic N) is 1. The summed E-state index contributed by atoms with van der Waals surface area (Å²) in [5, 5.41) is 0. The van der Waals surface area contributed by atoms with Crippen LogP contribution >= 0.6 is 0 Å². The molecule has 0 N–H and O–H groups in total. The molecule has 0 saturated heterocycles. The van der Waals surface area contributed by atoms with E-state index in [1.54, 1.807) is 0 Å². The van der Waals surface area contributed by atoms with Crippen LogP contribution in [0.2, 0.25) is 0 Å². The maximum Gasteiger partial charge on any atom is 0.108 e. The molecule has 0 unspecified atom stereocenters. The van der Waals surface area contributed by atoms with Crippen molar-refractivity contribution in [2.75, 3.05) is 14.1 Å². The molecule has 0 aliphatic heterocycles. The topological polar surface area (TPSA) is 0 Å². The van der Waals surface area contributed by atoms with Gasteiger partial charge in [-0.2, -0.15) is 0 Å². The van der Waals surface area contributed by atoms with Gasteiger partial charge >= 0.3 is 0 Å². The Morgan fingerprint density at radius 1 is 1.25 bits per heavy atom. The highest BCUT2D eigenvalue weighted by molar-refractivity contribution is 5.13. The summed E-state index contributed by atoms with van der Waals surface area (Å²) in [6, 6.07) is 10.5. The predicted octanol–water partition coefficient (Wildman–Crippen LogP) is 2.41. The Hall–Kier alpha value is -1.08. The third-order valence-corrected chi connectivity index (χ3v) is 1.93. The number of quaternary nitrogens is 1. The van der Waals surface area contributed by atoms with Crippen LogP contribution in [0.3, 0.4) is 0 Å². The first-order valence-electron chi connectivity index (χ1n) is 4.14. The minimum absolute atomic E-state index is 0.823. The molecule has 0 heterocycles. The van der Waals surface area contributed by atoms with Crippen molar-refractivity contribution in [2.24, 2.45) is 0 Å². The number of benzene rings is 1. The number of rotatable bonds is 3. The van der Waals surface area contributed by atoms with E-state index < -0.39 is 0 Å². The molecule has 1 nitrogen and oxygen atoms in total. The molecular weight excluding hydrogens is 146 g/mol. The summed E-state index contributed by atoms with van der Waals surface area (Å²) in [4.78, 5) is 0. The van der Waals surface area contributed by atoms with Crippen molar-refractivity contribution in [3.8, 4) is 0 Å². The fourth-order valence-electron chi connectivity index (χ4n) is 1.12. The SMILES string of the molecule is C=C[N+](C)(C)Cc1ccccc1. The summed E-state index contributed by atoms with van der Waals surface area (Å²) in [7, 11) is 4.28. The van der Waals surface area contributed by atoms with Crippen LogP contribution in [0.25, 0.3) is 0 Å². The Bertz CT molecular complexity index is 249. The van der Waals surface area contributed by atoms with E-state index in [9.17, 15) is 0 Å². The molecule has 0 atom stereocenters. The van der Waals surface area contributed by atoms with Crippen molar-refractivity contribution in [3.63, 3.8) is 0 Å². The third kappa shape index (κ3) is 2.51. The van der Waals surface area contributed by atoms with E-state index in [1.807, 2.05) is 12.3 Å². The van der Waals surface area contributed by atoms with Crippen molar-refractivity contribution in [2.45, 2.75) is 6.54 Å². The molecule has 0 radical (unpaired) electrons. The van der Waals surface area contributed by atoms with Gasteiger partial charge in [-0.05, 0) is 6.58 Å². The van der Waals surface area contributed by atoms with E-state index in [4.69, 9.17) is 0 Å². The second-order valence-corrected chi connectivity index (χ2v) is 3.60. The Labute approximate surface area is 74.5 Å². The van der Waals surface area contributed by atoms with Gasteiger partial charge in [0.05, 0.1) is 20.3 Å². The normalized spacial score (nSPS) is 11.2. The molecule has 1 heteroatoms. The molecule has 0 aliphatic carbocycles. The van der Waals surface area contributed by atoms with E-state index in [0.29, 0.717) is 0 Å². The van der Waals surface area contributed by atoms with Crippen molar-refractivity contribution in [1.82, 2.24) is 0 Å². The average molecular weight is 162 g/mol. The highest BCUT2D eigenvalue weighted by Crippen LogP contribution is 2.08.